The zero-order chi connectivity index (χ0) is 22.0. The number of carbonyl (C=O) groups excluding carboxylic acids is 1. The third-order valence-corrected chi connectivity index (χ3v) is 6.18. The van der Waals surface area contributed by atoms with Gasteiger partial charge < -0.3 is 24.0 Å². The number of rotatable bonds is 5. The van der Waals surface area contributed by atoms with E-state index in [1.807, 2.05) is 29.2 Å². The number of primary sulfonamides is 1. The second-order valence-electron chi connectivity index (χ2n) is 7.51. The highest BCUT2D eigenvalue weighted by Gasteiger charge is 2.27. The summed E-state index contributed by atoms with van der Waals surface area (Å²) in [6, 6.07) is 11.8. The number of fused-ring (bicyclic) bond motifs is 1. The molecule has 166 valence electrons. The van der Waals surface area contributed by atoms with Crippen LogP contribution in [0.2, 0.25) is 0 Å². The first-order valence-corrected chi connectivity index (χ1v) is 11.5. The maximum Gasteiger partial charge on any atom is 0.255 e. The zero-order valence-corrected chi connectivity index (χ0v) is 18.0. The molecule has 2 aliphatic heterocycles. The van der Waals surface area contributed by atoms with Crippen molar-refractivity contribution in [3.63, 3.8) is 0 Å². The summed E-state index contributed by atoms with van der Waals surface area (Å²) in [5.41, 5.74) is 0.923. The number of hydrogen-bond donors (Lipinski definition) is 1. The third kappa shape index (κ3) is 4.76. The van der Waals surface area contributed by atoms with Crippen LogP contribution in [-0.2, 0) is 14.8 Å². The number of para-hydroxylation sites is 2. The maximum absolute atomic E-state index is 13.3. The van der Waals surface area contributed by atoms with E-state index >= 15 is 0 Å². The van der Waals surface area contributed by atoms with Crippen molar-refractivity contribution in [2.75, 3.05) is 51.4 Å². The Morgan fingerprint density at radius 2 is 1.87 bits per heavy atom. The molecule has 1 fully saturated rings. The fourth-order valence-electron chi connectivity index (χ4n) is 3.69. The van der Waals surface area contributed by atoms with Crippen LogP contribution in [0.25, 0.3) is 0 Å². The summed E-state index contributed by atoms with van der Waals surface area (Å²) >= 11 is 0. The summed E-state index contributed by atoms with van der Waals surface area (Å²) < 4.78 is 40.8. The summed E-state index contributed by atoms with van der Waals surface area (Å²) in [5.74, 6) is 0.975. The van der Waals surface area contributed by atoms with Crippen LogP contribution in [0.15, 0.2) is 47.4 Å². The highest BCUT2D eigenvalue weighted by atomic mass is 32.2. The van der Waals surface area contributed by atoms with Crippen LogP contribution in [0.4, 0.5) is 5.69 Å². The maximum atomic E-state index is 13.3. The third-order valence-electron chi connectivity index (χ3n) is 5.27. The largest absolute Gasteiger partial charge is 0.486 e. The van der Waals surface area contributed by atoms with Gasteiger partial charge in [0.15, 0.2) is 17.6 Å². The number of sulfonamides is 1. The number of hydrogen-bond acceptors (Lipinski definition) is 7. The van der Waals surface area contributed by atoms with E-state index in [1.165, 1.54) is 17.0 Å². The SMILES string of the molecule is CN(CC1COc2ccccc2O1)C(=O)c1cc(S(N)(=O)=O)ccc1N1CCOCC1. The molecule has 4 rings (SSSR count). The van der Waals surface area contributed by atoms with Gasteiger partial charge in [0.05, 0.1) is 30.2 Å². The van der Waals surface area contributed by atoms with Crippen molar-refractivity contribution in [3.8, 4) is 11.5 Å². The Balaban J connectivity index is 1.57. The number of ether oxygens (including phenoxy) is 3. The average Bonchev–Trinajstić information content (AvgIpc) is 2.78. The van der Waals surface area contributed by atoms with E-state index in [9.17, 15) is 13.2 Å². The van der Waals surface area contributed by atoms with E-state index in [-0.39, 0.29) is 29.0 Å². The number of nitrogens with zero attached hydrogens (tertiary/aromatic N) is 2. The zero-order valence-electron chi connectivity index (χ0n) is 17.2. The van der Waals surface area contributed by atoms with Gasteiger partial charge in [-0.3, -0.25) is 4.79 Å². The summed E-state index contributed by atoms with van der Waals surface area (Å²) in [6.07, 6.45) is -0.350. The number of carbonyl (C=O) groups is 1. The average molecular weight is 448 g/mol. The molecule has 9 nitrogen and oxygen atoms in total. The van der Waals surface area contributed by atoms with E-state index in [0.717, 1.165) is 0 Å². The van der Waals surface area contributed by atoms with Gasteiger partial charge in [-0.25, -0.2) is 13.6 Å². The summed E-state index contributed by atoms with van der Waals surface area (Å²) in [5, 5.41) is 5.30. The molecule has 0 radical (unpaired) electrons. The molecule has 0 aliphatic carbocycles. The smallest absolute Gasteiger partial charge is 0.255 e. The van der Waals surface area contributed by atoms with Crippen LogP contribution < -0.4 is 19.5 Å². The molecule has 10 heteroatoms. The summed E-state index contributed by atoms with van der Waals surface area (Å²) in [6.45, 7) is 2.86. The van der Waals surface area contributed by atoms with E-state index in [2.05, 4.69) is 0 Å². The van der Waals surface area contributed by atoms with Crippen molar-refractivity contribution in [2.24, 2.45) is 5.14 Å². The van der Waals surface area contributed by atoms with E-state index in [0.29, 0.717) is 50.1 Å². The van der Waals surface area contributed by atoms with Crippen molar-refractivity contribution in [2.45, 2.75) is 11.0 Å². The van der Waals surface area contributed by atoms with Crippen LogP contribution in [-0.4, -0.2) is 71.8 Å². The molecular formula is C21H25N3O6S. The second kappa shape index (κ2) is 8.74. The predicted molar refractivity (Wildman–Crippen MR) is 114 cm³/mol. The van der Waals surface area contributed by atoms with E-state index in [4.69, 9.17) is 19.3 Å². The van der Waals surface area contributed by atoms with Crippen LogP contribution in [0.3, 0.4) is 0 Å². The molecule has 0 spiro atoms. The van der Waals surface area contributed by atoms with Crippen molar-refractivity contribution < 1.29 is 27.4 Å². The molecule has 1 amide bonds. The lowest BCUT2D eigenvalue weighted by Crippen LogP contribution is -2.43. The Bertz CT molecular complexity index is 1070. The quantitative estimate of drug-likeness (QED) is 0.730. The Labute approximate surface area is 181 Å². The summed E-state index contributed by atoms with van der Waals surface area (Å²) in [4.78, 5) is 16.8. The van der Waals surface area contributed by atoms with Gasteiger partial charge in [-0.1, -0.05) is 12.1 Å². The van der Waals surface area contributed by atoms with Gasteiger partial charge in [-0.2, -0.15) is 0 Å². The van der Waals surface area contributed by atoms with Crippen molar-refractivity contribution in [1.82, 2.24) is 4.90 Å². The van der Waals surface area contributed by atoms with Gasteiger partial charge >= 0.3 is 0 Å². The van der Waals surface area contributed by atoms with Crippen molar-refractivity contribution in [3.05, 3.63) is 48.0 Å². The molecule has 0 bridgehead atoms. The van der Waals surface area contributed by atoms with Crippen LogP contribution in [0.1, 0.15) is 10.4 Å². The first-order chi connectivity index (χ1) is 14.8. The molecule has 1 unspecified atom stereocenters. The minimum atomic E-state index is -3.95. The first kappa shape index (κ1) is 21.4. The number of amides is 1. The monoisotopic (exact) mass is 447 g/mol. The van der Waals surface area contributed by atoms with Crippen LogP contribution in [0, 0.1) is 0 Å². The molecular weight excluding hydrogens is 422 g/mol. The van der Waals surface area contributed by atoms with Crippen LogP contribution >= 0.6 is 0 Å². The van der Waals surface area contributed by atoms with Gasteiger partial charge in [-0.15, -0.1) is 0 Å². The number of benzene rings is 2. The van der Waals surface area contributed by atoms with Crippen molar-refractivity contribution >= 4 is 21.6 Å². The Morgan fingerprint density at radius 1 is 1.16 bits per heavy atom. The molecule has 31 heavy (non-hydrogen) atoms. The molecule has 0 saturated carbocycles. The van der Waals surface area contributed by atoms with Gasteiger partial charge in [0.1, 0.15) is 6.61 Å². The Kier molecular flexibility index (Phi) is 6.03. The van der Waals surface area contributed by atoms with Gasteiger partial charge in [-0.05, 0) is 30.3 Å². The van der Waals surface area contributed by atoms with Crippen LogP contribution in [0.5, 0.6) is 11.5 Å². The fourth-order valence-corrected chi connectivity index (χ4v) is 4.23. The van der Waals surface area contributed by atoms with Gasteiger partial charge in [0.25, 0.3) is 5.91 Å². The molecule has 2 heterocycles. The standard InChI is InChI=1S/C21H25N3O6S/c1-23(13-15-14-29-19-4-2-3-5-20(19)30-15)21(25)17-12-16(31(22,26)27)6-7-18(17)24-8-10-28-11-9-24/h2-7,12,15H,8-11,13-14H2,1H3,(H2,22,26,27). The lowest BCUT2D eigenvalue weighted by molar-refractivity contribution is 0.0520. The number of likely N-dealkylation sites (N-methyl/N-ethyl adjacent to an activating group) is 1. The van der Waals surface area contributed by atoms with Crippen molar-refractivity contribution in [1.29, 1.82) is 0 Å². The highest BCUT2D eigenvalue weighted by molar-refractivity contribution is 7.89. The van der Waals surface area contributed by atoms with Gasteiger partial charge in [0.2, 0.25) is 10.0 Å². The first-order valence-electron chi connectivity index (χ1n) is 9.96. The minimum absolute atomic E-state index is 0.104. The molecule has 2 aromatic carbocycles. The normalized spacial score (nSPS) is 18.5. The van der Waals surface area contributed by atoms with Gasteiger partial charge in [0, 0.05) is 25.8 Å². The number of anilines is 1. The molecule has 2 N–H and O–H groups in total. The summed E-state index contributed by atoms with van der Waals surface area (Å²) in [7, 11) is -2.30. The fraction of sp³-hybridized carbons (Fsp3) is 0.381. The lowest BCUT2D eigenvalue weighted by atomic mass is 10.1. The number of nitrogens with two attached hydrogens (primary N) is 1. The van der Waals surface area contributed by atoms with E-state index in [1.54, 1.807) is 13.1 Å². The lowest BCUT2D eigenvalue weighted by Gasteiger charge is -2.32. The molecule has 0 aromatic heterocycles. The second-order valence-corrected chi connectivity index (χ2v) is 9.07. The highest BCUT2D eigenvalue weighted by Crippen LogP contribution is 2.31. The van der Waals surface area contributed by atoms with E-state index < -0.39 is 10.0 Å². The predicted octanol–water partition coefficient (Wildman–Crippen LogP) is 1.08. The number of morpholine rings is 1. The molecule has 2 aliphatic rings. The Morgan fingerprint density at radius 3 is 2.58 bits per heavy atom. The minimum Gasteiger partial charge on any atom is -0.486 e. The topological polar surface area (TPSA) is 111 Å². The molecule has 2 aromatic rings. The molecule has 1 saturated heterocycles. The Hall–Kier alpha value is -2.82. The molecule has 1 atom stereocenters.